The maximum absolute atomic E-state index is 12.4. The predicted octanol–water partition coefficient (Wildman–Crippen LogP) is 3.41. The van der Waals surface area contributed by atoms with Crippen molar-refractivity contribution in [3.05, 3.63) is 35.8 Å². The Morgan fingerprint density at radius 3 is 2.52 bits per heavy atom. The van der Waals surface area contributed by atoms with E-state index in [1.54, 1.807) is 17.5 Å². The number of amides is 1. The van der Waals surface area contributed by atoms with Gasteiger partial charge in [0.05, 0.1) is 5.54 Å². The minimum Gasteiger partial charge on any atom is -0.324 e. The van der Waals surface area contributed by atoms with Crippen molar-refractivity contribution in [1.29, 1.82) is 0 Å². The van der Waals surface area contributed by atoms with E-state index in [1.165, 1.54) is 6.42 Å². The number of hydrogen-bond acceptors (Lipinski definition) is 4. The van der Waals surface area contributed by atoms with Crippen LogP contribution in [0.2, 0.25) is 0 Å². The smallest absolute Gasteiger partial charge is 0.244 e. The van der Waals surface area contributed by atoms with Crippen LogP contribution >= 0.6 is 11.3 Å². The number of anilines is 1. The molecule has 4 nitrogen and oxygen atoms in total. The number of nitrogens with zero attached hydrogens (tertiary/aromatic N) is 1. The highest BCUT2D eigenvalue weighted by atomic mass is 32.1. The van der Waals surface area contributed by atoms with Gasteiger partial charge in [0.15, 0.2) is 0 Å². The van der Waals surface area contributed by atoms with Crippen molar-refractivity contribution in [2.24, 2.45) is 5.73 Å². The van der Waals surface area contributed by atoms with Gasteiger partial charge in [0.25, 0.3) is 0 Å². The van der Waals surface area contributed by atoms with Crippen molar-refractivity contribution in [1.82, 2.24) is 4.98 Å². The number of hydrogen-bond donors (Lipinski definition) is 2. The quantitative estimate of drug-likeness (QED) is 0.913. The van der Waals surface area contributed by atoms with E-state index in [4.69, 9.17) is 5.73 Å². The van der Waals surface area contributed by atoms with E-state index < -0.39 is 5.54 Å². The molecule has 1 heterocycles. The number of nitrogens with two attached hydrogens (primary N) is 1. The topological polar surface area (TPSA) is 68.0 Å². The summed E-state index contributed by atoms with van der Waals surface area (Å²) in [6.45, 7) is 0. The van der Waals surface area contributed by atoms with Crippen LogP contribution in [0.5, 0.6) is 0 Å². The van der Waals surface area contributed by atoms with Gasteiger partial charge in [0.2, 0.25) is 5.91 Å². The van der Waals surface area contributed by atoms with Crippen LogP contribution in [-0.4, -0.2) is 16.4 Å². The first-order chi connectivity index (χ1) is 10.2. The number of benzene rings is 1. The number of carbonyl (C=O) groups excluding carboxylic acids is 1. The average molecular weight is 301 g/mol. The van der Waals surface area contributed by atoms with E-state index in [-0.39, 0.29) is 5.91 Å². The van der Waals surface area contributed by atoms with E-state index >= 15 is 0 Å². The second-order valence-electron chi connectivity index (χ2n) is 5.59. The molecule has 2 aromatic rings. The second kappa shape index (κ2) is 5.95. The second-order valence-corrected chi connectivity index (χ2v) is 6.48. The van der Waals surface area contributed by atoms with Crippen molar-refractivity contribution in [2.75, 3.05) is 5.32 Å². The summed E-state index contributed by atoms with van der Waals surface area (Å²) in [6, 6.07) is 7.75. The molecule has 3 rings (SSSR count). The van der Waals surface area contributed by atoms with Crippen LogP contribution in [0, 0.1) is 0 Å². The summed E-state index contributed by atoms with van der Waals surface area (Å²) in [7, 11) is 0. The Hall–Kier alpha value is -1.72. The summed E-state index contributed by atoms with van der Waals surface area (Å²) in [5.41, 5.74) is 7.38. The lowest BCUT2D eigenvalue weighted by Crippen LogP contribution is -2.52. The third kappa shape index (κ3) is 3.14. The molecule has 0 atom stereocenters. The SMILES string of the molecule is NC1(C(=O)Nc2ccc(-c3nccs3)cc2)CCCCC1. The first-order valence-corrected chi connectivity index (χ1v) is 8.16. The van der Waals surface area contributed by atoms with Crippen LogP contribution in [0.25, 0.3) is 10.6 Å². The third-order valence-corrected chi connectivity index (χ3v) is 4.84. The first kappa shape index (κ1) is 14.2. The van der Waals surface area contributed by atoms with Crippen molar-refractivity contribution in [3.8, 4) is 10.6 Å². The number of carbonyl (C=O) groups is 1. The summed E-state index contributed by atoms with van der Waals surface area (Å²) in [6.07, 6.45) is 6.58. The van der Waals surface area contributed by atoms with Crippen LogP contribution < -0.4 is 11.1 Å². The van der Waals surface area contributed by atoms with Crippen LogP contribution in [0.4, 0.5) is 5.69 Å². The average Bonchev–Trinajstić information content (AvgIpc) is 3.03. The predicted molar refractivity (Wildman–Crippen MR) is 86.2 cm³/mol. The Kier molecular flexibility index (Phi) is 4.03. The summed E-state index contributed by atoms with van der Waals surface area (Å²) in [5.74, 6) is -0.0656. The van der Waals surface area contributed by atoms with E-state index in [2.05, 4.69) is 10.3 Å². The monoisotopic (exact) mass is 301 g/mol. The Bertz CT molecular complexity index is 601. The zero-order valence-corrected chi connectivity index (χ0v) is 12.7. The highest BCUT2D eigenvalue weighted by Crippen LogP contribution is 2.28. The van der Waals surface area contributed by atoms with Crippen molar-refractivity contribution in [3.63, 3.8) is 0 Å². The molecule has 1 aliphatic carbocycles. The van der Waals surface area contributed by atoms with Crippen molar-refractivity contribution >= 4 is 22.9 Å². The van der Waals surface area contributed by atoms with Gasteiger partial charge in [-0.25, -0.2) is 4.98 Å². The van der Waals surface area contributed by atoms with Gasteiger partial charge in [0.1, 0.15) is 5.01 Å². The van der Waals surface area contributed by atoms with Gasteiger partial charge < -0.3 is 11.1 Å². The fourth-order valence-electron chi connectivity index (χ4n) is 2.73. The Morgan fingerprint density at radius 2 is 1.90 bits per heavy atom. The lowest BCUT2D eigenvalue weighted by molar-refractivity contribution is -0.122. The zero-order valence-electron chi connectivity index (χ0n) is 11.8. The molecule has 1 fully saturated rings. The van der Waals surface area contributed by atoms with E-state index in [9.17, 15) is 4.79 Å². The number of thiazole rings is 1. The molecule has 3 N–H and O–H groups in total. The van der Waals surface area contributed by atoms with Crippen LogP contribution in [0.15, 0.2) is 35.8 Å². The fourth-order valence-corrected chi connectivity index (χ4v) is 3.37. The molecule has 1 aromatic carbocycles. The summed E-state index contributed by atoms with van der Waals surface area (Å²) in [5, 5.41) is 5.88. The van der Waals surface area contributed by atoms with Crippen LogP contribution in [0.3, 0.4) is 0 Å². The lowest BCUT2D eigenvalue weighted by atomic mass is 9.82. The summed E-state index contributed by atoms with van der Waals surface area (Å²) >= 11 is 1.60. The minimum atomic E-state index is -0.702. The fraction of sp³-hybridized carbons (Fsp3) is 0.375. The van der Waals surface area contributed by atoms with Gasteiger partial charge in [0, 0.05) is 22.8 Å². The normalized spacial score (nSPS) is 17.4. The molecule has 0 aliphatic heterocycles. The molecule has 0 bridgehead atoms. The number of nitrogens with one attached hydrogen (secondary N) is 1. The molecule has 110 valence electrons. The van der Waals surface area contributed by atoms with Gasteiger partial charge in [-0.3, -0.25) is 4.79 Å². The molecule has 0 radical (unpaired) electrons. The van der Waals surface area contributed by atoms with Crippen molar-refractivity contribution < 1.29 is 4.79 Å². The molecular formula is C16H19N3OS. The number of aromatic nitrogens is 1. The lowest BCUT2D eigenvalue weighted by Gasteiger charge is -2.31. The molecule has 0 spiro atoms. The van der Waals surface area contributed by atoms with Crippen LogP contribution in [0.1, 0.15) is 32.1 Å². The molecule has 5 heteroatoms. The third-order valence-electron chi connectivity index (χ3n) is 4.02. The van der Waals surface area contributed by atoms with E-state index in [0.717, 1.165) is 41.9 Å². The molecule has 1 aliphatic rings. The Balaban J connectivity index is 1.69. The van der Waals surface area contributed by atoms with Gasteiger partial charge in [-0.15, -0.1) is 11.3 Å². The summed E-state index contributed by atoms with van der Waals surface area (Å²) in [4.78, 5) is 16.6. The highest BCUT2D eigenvalue weighted by Gasteiger charge is 2.35. The summed E-state index contributed by atoms with van der Waals surface area (Å²) < 4.78 is 0. The van der Waals surface area contributed by atoms with E-state index in [1.807, 2.05) is 29.6 Å². The molecule has 1 aromatic heterocycles. The zero-order chi connectivity index (χ0) is 14.7. The molecule has 21 heavy (non-hydrogen) atoms. The highest BCUT2D eigenvalue weighted by molar-refractivity contribution is 7.13. The van der Waals surface area contributed by atoms with Gasteiger partial charge >= 0.3 is 0 Å². The molecule has 0 saturated heterocycles. The van der Waals surface area contributed by atoms with Crippen molar-refractivity contribution in [2.45, 2.75) is 37.6 Å². The maximum atomic E-state index is 12.4. The van der Waals surface area contributed by atoms with Gasteiger partial charge in [-0.2, -0.15) is 0 Å². The standard InChI is InChI=1S/C16H19N3OS/c17-16(8-2-1-3-9-16)15(20)19-13-6-4-12(5-7-13)14-18-10-11-21-14/h4-7,10-11H,1-3,8-9,17H2,(H,19,20). The first-order valence-electron chi connectivity index (χ1n) is 7.28. The van der Waals surface area contributed by atoms with Gasteiger partial charge in [-0.1, -0.05) is 19.3 Å². The molecule has 1 saturated carbocycles. The largest absolute Gasteiger partial charge is 0.324 e. The minimum absolute atomic E-state index is 0.0656. The maximum Gasteiger partial charge on any atom is 0.244 e. The van der Waals surface area contributed by atoms with Gasteiger partial charge in [-0.05, 0) is 37.1 Å². The van der Waals surface area contributed by atoms with Crippen LogP contribution in [-0.2, 0) is 4.79 Å². The number of rotatable bonds is 3. The Morgan fingerprint density at radius 1 is 1.19 bits per heavy atom. The molecule has 1 amide bonds. The molecular weight excluding hydrogens is 282 g/mol. The Labute approximate surface area is 128 Å². The molecule has 0 unspecified atom stereocenters. The van der Waals surface area contributed by atoms with E-state index in [0.29, 0.717) is 0 Å².